The van der Waals surface area contributed by atoms with Gasteiger partial charge in [0.05, 0.1) is 36.7 Å². The number of benzene rings is 1. The molecule has 0 aliphatic carbocycles. The number of carbonyl (C=O) groups excluding carboxylic acids is 2. The van der Waals surface area contributed by atoms with Crippen LogP contribution in [-0.2, 0) is 17.8 Å². The fourth-order valence-corrected chi connectivity index (χ4v) is 3.21. The van der Waals surface area contributed by atoms with Crippen molar-refractivity contribution in [1.29, 1.82) is 0 Å². The summed E-state index contributed by atoms with van der Waals surface area (Å²) in [6.45, 7) is 1.25. The second-order valence-corrected chi connectivity index (χ2v) is 5.71. The van der Waals surface area contributed by atoms with Crippen molar-refractivity contribution < 1.29 is 9.59 Å². The largest absolute Gasteiger partial charge is 0.347 e. The molecule has 22 heavy (non-hydrogen) atoms. The number of rotatable bonds is 2. The number of amides is 2. The number of H-pyrrole nitrogens is 1. The van der Waals surface area contributed by atoms with E-state index in [4.69, 9.17) is 0 Å². The lowest BCUT2D eigenvalue weighted by molar-refractivity contribution is -0.132. The average Bonchev–Trinajstić information content (AvgIpc) is 3.12. The Hall–Kier alpha value is -2.63. The van der Waals surface area contributed by atoms with E-state index in [2.05, 4.69) is 15.3 Å². The first-order valence-electron chi connectivity index (χ1n) is 7.41. The molecule has 4 rings (SSSR count). The van der Waals surface area contributed by atoms with Crippen LogP contribution in [0.4, 0.5) is 0 Å². The van der Waals surface area contributed by atoms with E-state index in [0.29, 0.717) is 25.1 Å². The van der Waals surface area contributed by atoms with E-state index in [0.717, 1.165) is 23.4 Å². The summed E-state index contributed by atoms with van der Waals surface area (Å²) < 4.78 is 0. The van der Waals surface area contributed by atoms with Gasteiger partial charge in [0.15, 0.2) is 0 Å². The van der Waals surface area contributed by atoms with Crippen LogP contribution in [0.15, 0.2) is 30.6 Å². The number of fused-ring (bicyclic) bond motifs is 2. The molecular formula is C16H16N4O2. The Labute approximate surface area is 127 Å². The summed E-state index contributed by atoms with van der Waals surface area (Å²) >= 11 is 0. The smallest absolute Gasteiger partial charge is 0.252 e. The van der Waals surface area contributed by atoms with Gasteiger partial charge >= 0.3 is 0 Å². The maximum atomic E-state index is 12.5. The second kappa shape index (κ2) is 4.98. The van der Waals surface area contributed by atoms with Gasteiger partial charge in [0.25, 0.3) is 5.91 Å². The topological polar surface area (TPSA) is 78.1 Å². The molecule has 2 N–H and O–H groups in total. The van der Waals surface area contributed by atoms with Crippen molar-refractivity contribution in [2.45, 2.75) is 25.4 Å². The highest BCUT2D eigenvalue weighted by molar-refractivity contribution is 5.99. The van der Waals surface area contributed by atoms with Crippen LogP contribution in [0.2, 0.25) is 0 Å². The third kappa shape index (κ3) is 2.07. The molecule has 112 valence electrons. The molecule has 3 heterocycles. The number of imidazole rings is 1. The first-order valence-corrected chi connectivity index (χ1v) is 7.41. The lowest BCUT2D eigenvalue weighted by Crippen LogP contribution is -2.37. The van der Waals surface area contributed by atoms with Crippen molar-refractivity contribution in [3.63, 3.8) is 0 Å². The number of aromatic amines is 1. The summed E-state index contributed by atoms with van der Waals surface area (Å²) in [5.74, 6) is -0.0369. The highest BCUT2D eigenvalue weighted by Gasteiger charge is 2.31. The molecule has 0 radical (unpaired) electrons. The van der Waals surface area contributed by atoms with Crippen LogP contribution < -0.4 is 5.32 Å². The van der Waals surface area contributed by atoms with Crippen molar-refractivity contribution in [3.05, 3.63) is 53.1 Å². The standard InChI is InChI=1S/C16H16N4O2/c21-15(20-6-5-12-14(8-20)18-9-17-12)7-13-10-3-1-2-4-11(10)16(22)19-13/h1-4,9,13H,5-8H2,(H,17,18)(H,19,22)/t13-/m0/s1. The van der Waals surface area contributed by atoms with Gasteiger partial charge in [-0.25, -0.2) is 4.98 Å². The van der Waals surface area contributed by atoms with Crippen molar-refractivity contribution in [1.82, 2.24) is 20.2 Å². The Kier molecular flexibility index (Phi) is 2.96. The summed E-state index contributed by atoms with van der Waals surface area (Å²) in [6.07, 6.45) is 2.75. The van der Waals surface area contributed by atoms with Crippen molar-refractivity contribution >= 4 is 11.8 Å². The normalized spacial score (nSPS) is 19.5. The summed E-state index contributed by atoms with van der Waals surface area (Å²) in [7, 11) is 0. The van der Waals surface area contributed by atoms with Crippen LogP contribution in [0.25, 0.3) is 0 Å². The van der Waals surface area contributed by atoms with Gasteiger partial charge in [-0.2, -0.15) is 0 Å². The molecule has 2 aromatic rings. The molecule has 2 amide bonds. The zero-order valence-corrected chi connectivity index (χ0v) is 12.0. The Balaban J connectivity index is 1.49. The number of carbonyl (C=O) groups is 2. The zero-order chi connectivity index (χ0) is 15.1. The third-order valence-corrected chi connectivity index (χ3v) is 4.39. The van der Waals surface area contributed by atoms with Crippen LogP contribution in [0.3, 0.4) is 0 Å². The SMILES string of the molecule is O=C1N[C@@H](CC(=O)N2CCc3nc[nH]c3C2)c2ccccc21. The van der Waals surface area contributed by atoms with Gasteiger partial charge in [0.2, 0.25) is 5.91 Å². The Bertz CT molecular complexity index is 752. The Morgan fingerprint density at radius 2 is 2.23 bits per heavy atom. The molecule has 0 saturated heterocycles. The van der Waals surface area contributed by atoms with Gasteiger partial charge in [-0.1, -0.05) is 18.2 Å². The van der Waals surface area contributed by atoms with Gasteiger partial charge in [0, 0.05) is 18.5 Å². The number of hydrogen-bond acceptors (Lipinski definition) is 3. The summed E-state index contributed by atoms with van der Waals surface area (Å²) in [5.41, 5.74) is 3.65. The third-order valence-electron chi connectivity index (χ3n) is 4.39. The van der Waals surface area contributed by atoms with Gasteiger partial charge in [-0.3, -0.25) is 9.59 Å². The minimum atomic E-state index is -0.223. The minimum absolute atomic E-state index is 0.0576. The quantitative estimate of drug-likeness (QED) is 0.873. The lowest BCUT2D eigenvalue weighted by atomic mass is 10.0. The second-order valence-electron chi connectivity index (χ2n) is 5.71. The molecule has 2 aliphatic rings. The van der Waals surface area contributed by atoms with Crippen LogP contribution >= 0.6 is 0 Å². The minimum Gasteiger partial charge on any atom is -0.347 e. The molecule has 2 aliphatic heterocycles. The van der Waals surface area contributed by atoms with E-state index in [1.54, 1.807) is 12.4 Å². The first kappa shape index (κ1) is 13.1. The van der Waals surface area contributed by atoms with Crippen LogP contribution in [0.1, 0.15) is 39.8 Å². The monoisotopic (exact) mass is 296 g/mol. The zero-order valence-electron chi connectivity index (χ0n) is 12.0. The molecule has 0 unspecified atom stereocenters. The molecule has 1 aromatic carbocycles. The number of nitrogens with zero attached hydrogens (tertiary/aromatic N) is 2. The maximum Gasteiger partial charge on any atom is 0.252 e. The molecule has 1 atom stereocenters. The highest BCUT2D eigenvalue weighted by atomic mass is 16.2. The van der Waals surface area contributed by atoms with Gasteiger partial charge in [-0.05, 0) is 11.6 Å². The maximum absolute atomic E-state index is 12.5. The van der Waals surface area contributed by atoms with Gasteiger partial charge < -0.3 is 15.2 Å². The fraction of sp³-hybridized carbons (Fsp3) is 0.312. The molecule has 0 spiro atoms. The van der Waals surface area contributed by atoms with E-state index >= 15 is 0 Å². The summed E-state index contributed by atoms with van der Waals surface area (Å²) in [4.78, 5) is 33.6. The molecule has 0 fully saturated rings. The van der Waals surface area contributed by atoms with Crippen LogP contribution in [0.5, 0.6) is 0 Å². The van der Waals surface area contributed by atoms with E-state index in [1.165, 1.54) is 0 Å². The molecule has 6 nitrogen and oxygen atoms in total. The summed E-state index contributed by atoms with van der Waals surface area (Å²) in [6, 6.07) is 7.22. The Morgan fingerprint density at radius 1 is 1.36 bits per heavy atom. The molecular weight excluding hydrogens is 280 g/mol. The molecule has 0 bridgehead atoms. The van der Waals surface area contributed by atoms with E-state index in [-0.39, 0.29) is 17.9 Å². The van der Waals surface area contributed by atoms with Crippen molar-refractivity contribution in [2.75, 3.05) is 6.54 Å². The first-order chi connectivity index (χ1) is 10.7. The highest BCUT2D eigenvalue weighted by Crippen LogP contribution is 2.28. The van der Waals surface area contributed by atoms with Gasteiger partial charge in [-0.15, -0.1) is 0 Å². The number of aromatic nitrogens is 2. The molecule has 0 saturated carbocycles. The van der Waals surface area contributed by atoms with E-state index < -0.39 is 0 Å². The molecule has 6 heteroatoms. The lowest BCUT2D eigenvalue weighted by Gasteiger charge is -2.27. The van der Waals surface area contributed by atoms with Crippen molar-refractivity contribution in [3.8, 4) is 0 Å². The summed E-state index contributed by atoms with van der Waals surface area (Å²) in [5, 5.41) is 2.90. The van der Waals surface area contributed by atoms with E-state index in [9.17, 15) is 9.59 Å². The number of nitrogens with one attached hydrogen (secondary N) is 2. The van der Waals surface area contributed by atoms with E-state index in [1.807, 2.05) is 23.1 Å². The van der Waals surface area contributed by atoms with Crippen molar-refractivity contribution in [2.24, 2.45) is 0 Å². The van der Waals surface area contributed by atoms with Crippen LogP contribution in [-0.4, -0.2) is 33.2 Å². The van der Waals surface area contributed by atoms with Gasteiger partial charge in [0.1, 0.15) is 0 Å². The van der Waals surface area contributed by atoms with Crippen LogP contribution in [0, 0.1) is 0 Å². The average molecular weight is 296 g/mol. The predicted octanol–water partition coefficient (Wildman–Crippen LogP) is 1.17. The fourth-order valence-electron chi connectivity index (χ4n) is 3.21. The Morgan fingerprint density at radius 3 is 3.14 bits per heavy atom. The number of hydrogen-bond donors (Lipinski definition) is 2. The molecule has 1 aromatic heterocycles. The predicted molar refractivity (Wildman–Crippen MR) is 79.0 cm³/mol.